The third-order valence-corrected chi connectivity index (χ3v) is 4.11. The SMILES string of the molecule is CN1CCC(CC(=O)N2CCCC(N)C2)CC1. The third-order valence-electron chi connectivity index (χ3n) is 4.11. The van der Waals surface area contributed by atoms with Crippen LogP contribution in [0.3, 0.4) is 0 Å². The lowest BCUT2D eigenvalue weighted by Gasteiger charge is -2.33. The van der Waals surface area contributed by atoms with E-state index in [0.29, 0.717) is 11.8 Å². The van der Waals surface area contributed by atoms with E-state index < -0.39 is 0 Å². The summed E-state index contributed by atoms with van der Waals surface area (Å²) in [4.78, 5) is 16.5. The van der Waals surface area contributed by atoms with Gasteiger partial charge in [0, 0.05) is 25.6 Å². The predicted octanol–water partition coefficient (Wildman–Crippen LogP) is 0.668. The zero-order chi connectivity index (χ0) is 12.3. The van der Waals surface area contributed by atoms with Crippen molar-refractivity contribution in [3.63, 3.8) is 0 Å². The van der Waals surface area contributed by atoms with Crippen LogP contribution in [0, 0.1) is 5.92 Å². The number of piperidine rings is 2. The smallest absolute Gasteiger partial charge is 0.222 e. The molecule has 2 fully saturated rings. The molecule has 0 aliphatic carbocycles. The second-order valence-corrected chi connectivity index (χ2v) is 5.69. The summed E-state index contributed by atoms with van der Waals surface area (Å²) in [5.74, 6) is 0.923. The van der Waals surface area contributed by atoms with Crippen molar-refractivity contribution >= 4 is 5.91 Å². The van der Waals surface area contributed by atoms with Crippen LogP contribution in [-0.4, -0.2) is 55.0 Å². The second-order valence-electron chi connectivity index (χ2n) is 5.69. The zero-order valence-electron chi connectivity index (χ0n) is 10.9. The predicted molar refractivity (Wildman–Crippen MR) is 68.6 cm³/mol. The minimum Gasteiger partial charge on any atom is -0.341 e. The zero-order valence-corrected chi connectivity index (χ0v) is 10.9. The molecule has 2 saturated heterocycles. The van der Waals surface area contributed by atoms with Crippen molar-refractivity contribution in [1.29, 1.82) is 0 Å². The van der Waals surface area contributed by atoms with Crippen LogP contribution in [0.25, 0.3) is 0 Å². The van der Waals surface area contributed by atoms with Gasteiger partial charge < -0.3 is 15.5 Å². The van der Waals surface area contributed by atoms with Gasteiger partial charge in [-0.2, -0.15) is 0 Å². The summed E-state index contributed by atoms with van der Waals surface area (Å²) in [7, 11) is 2.15. The van der Waals surface area contributed by atoms with Crippen LogP contribution in [0.2, 0.25) is 0 Å². The van der Waals surface area contributed by atoms with Gasteiger partial charge in [0.1, 0.15) is 0 Å². The highest BCUT2D eigenvalue weighted by molar-refractivity contribution is 5.76. The van der Waals surface area contributed by atoms with E-state index in [1.54, 1.807) is 0 Å². The van der Waals surface area contributed by atoms with E-state index in [4.69, 9.17) is 5.73 Å². The first kappa shape index (κ1) is 12.8. The van der Waals surface area contributed by atoms with E-state index in [0.717, 1.165) is 45.4 Å². The molecule has 2 N–H and O–H groups in total. The number of amides is 1. The number of nitrogens with two attached hydrogens (primary N) is 1. The summed E-state index contributed by atoms with van der Waals surface area (Å²) >= 11 is 0. The van der Waals surface area contributed by atoms with E-state index >= 15 is 0 Å². The van der Waals surface area contributed by atoms with Crippen molar-refractivity contribution in [2.45, 2.75) is 38.1 Å². The Bertz CT molecular complexity index is 261. The monoisotopic (exact) mass is 239 g/mol. The van der Waals surface area contributed by atoms with Crippen LogP contribution in [0.5, 0.6) is 0 Å². The van der Waals surface area contributed by atoms with Crippen LogP contribution in [0.4, 0.5) is 0 Å². The summed E-state index contributed by atoms with van der Waals surface area (Å²) in [6, 6.07) is 0.199. The Morgan fingerprint density at radius 3 is 2.59 bits per heavy atom. The van der Waals surface area contributed by atoms with Crippen LogP contribution < -0.4 is 5.73 Å². The lowest BCUT2D eigenvalue weighted by molar-refractivity contribution is -0.133. The molecular formula is C13H25N3O. The van der Waals surface area contributed by atoms with Gasteiger partial charge in [0.2, 0.25) is 5.91 Å². The highest BCUT2D eigenvalue weighted by atomic mass is 16.2. The fourth-order valence-corrected chi connectivity index (χ4v) is 2.88. The molecule has 2 rings (SSSR count). The van der Waals surface area contributed by atoms with Crippen molar-refractivity contribution in [2.24, 2.45) is 11.7 Å². The molecule has 0 spiro atoms. The quantitative estimate of drug-likeness (QED) is 0.770. The Kier molecular flexibility index (Phi) is 4.40. The average molecular weight is 239 g/mol. The molecule has 0 bridgehead atoms. The molecule has 0 aromatic heterocycles. The maximum absolute atomic E-state index is 12.2. The minimum absolute atomic E-state index is 0.199. The summed E-state index contributed by atoms with van der Waals surface area (Å²) in [5, 5.41) is 0. The number of likely N-dealkylation sites (tertiary alicyclic amines) is 2. The van der Waals surface area contributed by atoms with Gasteiger partial charge in [-0.15, -0.1) is 0 Å². The standard InChI is InChI=1S/C13H25N3O/c1-15-7-4-11(5-8-15)9-13(17)16-6-2-3-12(14)10-16/h11-12H,2-10,14H2,1H3. The van der Waals surface area contributed by atoms with Gasteiger partial charge in [-0.1, -0.05) is 0 Å². The van der Waals surface area contributed by atoms with Gasteiger partial charge in [-0.25, -0.2) is 0 Å². The molecule has 17 heavy (non-hydrogen) atoms. The first-order chi connectivity index (χ1) is 8.15. The highest BCUT2D eigenvalue weighted by Crippen LogP contribution is 2.21. The van der Waals surface area contributed by atoms with Gasteiger partial charge in [-0.05, 0) is 51.7 Å². The number of hydrogen-bond acceptors (Lipinski definition) is 3. The summed E-state index contributed by atoms with van der Waals surface area (Å²) in [6.07, 6.45) is 5.21. The molecule has 2 aliphatic heterocycles. The molecule has 0 radical (unpaired) electrons. The summed E-state index contributed by atoms with van der Waals surface area (Å²) in [5.41, 5.74) is 5.91. The molecular weight excluding hydrogens is 214 g/mol. The van der Waals surface area contributed by atoms with Gasteiger partial charge in [0.25, 0.3) is 0 Å². The molecule has 1 unspecified atom stereocenters. The van der Waals surface area contributed by atoms with Crippen LogP contribution in [-0.2, 0) is 4.79 Å². The Balaban J connectivity index is 1.76. The van der Waals surface area contributed by atoms with Crippen LogP contribution in [0.1, 0.15) is 32.1 Å². The van der Waals surface area contributed by atoms with E-state index in [1.807, 2.05) is 4.90 Å². The van der Waals surface area contributed by atoms with Crippen molar-refractivity contribution in [3.8, 4) is 0 Å². The van der Waals surface area contributed by atoms with E-state index in [-0.39, 0.29) is 6.04 Å². The Morgan fingerprint density at radius 2 is 1.94 bits per heavy atom. The van der Waals surface area contributed by atoms with Gasteiger partial charge in [0.05, 0.1) is 0 Å². The molecule has 4 nitrogen and oxygen atoms in total. The summed E-state index contributed by atoms with van der Waals surface area (Å²) < 4.78 is 0. The van der Waals surface area contributed by atoms with E-state index in [1.165, 1.54) is 12.8 Å². The topological polar surface area (TPSA) is 49.6 Å². The maximum Gasteiger partial charge on any atom is 0.222 e. The molecule has 0 aromatic rings. The molecule has 2 heterocycles. The van der Waals surface area contributed by atoms with E-state index in [9.17, 15) is 4.79 Å². The van der Waals surface area contributed by atoms with Crippen molar-refractivity contribution in [1.82, 2.24) is 9.80 Å². The molecule has 1 amide bonds. The van der Waals surface area contributed by atoms with Gasteiger partial charge in [0.15, 0.2) is 0 Å². The maximum atomic E-state index is 12.2. The normalized spacial score (nSPS) is 28.4. The molecule has 98 valence electrons. The number of hydrogen-bond donors (Lipinski definition) is 1. The van der Waals surface area contributed by atoms with E-state index in [2.05, 4.69) is 11.9 Å². The molecule has 2 aliphatic rings. The fourth-order valence-electron chi connectivity index (χ4n) is 2.88. The molecule has 1 atom stereocenters. The first-order valence-corrected chi connectivity index (χ1v) is 6.87. The summed E-state index contributed by atoms with van der Waals surface area (Å²) in [6.45, 7) is 3.96. The Hall–Kier alpha value is -0.610. The lowest BCUT2D eigenvalue weighted by atomic mass is 9.93. The Morgan fingerprint density at radius 1 is 1.24 bits per heavy atom. The molecule has 0 aromatic carbocycles. The largest absolute Gasteiger partial charge is 0.341 e. The lowest BCUT2D eigenvalue weighted by Crippen LogP contribution is -2.46. The second kappa shape index (κ2) is 5.83. The van der Waals surface area contributed by atoms with Gasteiger partial charge >= 0.3 is 0 Å². The van der Waals surface area contributed by atoms with Crippen molar-refractivity contribution in [2.75, 3.05) is 33.2 Å². The fraction of sp³-hybridized carbons (Fsp3) is 0.923. The third kappa shape index (κ3) is 3.68. The molecule has 0 saturated carbocycles. The van der Waals surface area contributed by atoms with Gasteiger partial charge in [-0.3, -0.25) is 4.79 Å². The number of carbonyl (C=O) groups is 1. The first-order valence-electron chi connectivity index (χ1n) is 6.87. The Labute approximate surface area is 104 Å². The van der Waals surface area contributed by atoms with Crippen molar-refractivity contribution in [3.05, 3.63) is 0 Å². The van der Waals surface area contributed by atoms with Crippen LogP contribution in [0.15, 0.2) is 0 Å². The number of nitrogens with zero attached hydrogens (tertiary/aromatic N) is 2. The highest BCUT2D eigenvalue weighted by Gasteiger charge is 2.25. The van der Waals surface area contributed by atoms with Crippen LogP contribution >= 0.6 is 0 Å². The number of carbonyl (C=O) groups excluding carboxylic acids is 1. The average Bonchev–Trinajstić information content (AvgIpc) is 2.32. The molecule has 4 heteroatoms. The van der Waals surface area contributed by atoms with Crippen molar-refractivity contribution < 1.29 is 4.79 Å². The minimum atomic E-state index is 0.199. The number of rotatable bonds is 2.